The predicted molar refractivity (Wildman–Crippen MR) is 95.9 cm³/mol. The van der Waals surface area contributed by atoms with Crippen molar-refractivity contribution >= 4 is 24.5 Å². The number of rotatable bonds is 2. The van der Waals surface area contributed by atoms with E-state index in [1.54, 1.807) is 31.2 Å². The molecule has 0 aliphatic carbocycles. The van der Waals surface area contributed by atoms with Gasteiger partial charge in [0.2, 0.25) is 0 Å². The molecule has 0 spiro atoms. The van der Waals surface area contributed by atoms with Crippen LogP contribution in [0, 0.1) is 12.7 Å². The Kier molecular flexibility index (Phi) is 3.79. The number of hydrogen-bond donors (Lipinski definition) is 0. The van der Waals surface area contributed by atoms with Crippen LogP contribution in [0.1, 0.15) is 11.3 Å². The minimum atomic E-state index is -4.24. The lowest BCUT2D eigenvalue weighted by Crippen LogP contribution is -2.38. The van der Waals surface area contributed by atoms with Crippen LogP contribution in [-0.2, 0) is 4.57 Å². The van der Waals surface area contributed by atoms with E-state index >= 15 is 0 Å². The second kappa shape index (κ2) is 5.90. The number of benzene rings is 2. The number of aromatic nitrogens is 2. The monoisotopic (exact) mass is 369 g/mol. The number of para-hydroxylation sites is 1. The van der Waals surface area contributed by atoms with Gasteiger partial charge >= 0.3 is 0 Å². The van der Waals surface area contributed by atoms with Gasteiger partial charge in [-0.15, -0.1) is 0 Å². The van der Waals surface area contributed by atoms with Gasteiger partial charge in [0, 0.05) is 7.05 Å². The summed E-state index contributed by atoms with van der Waals surface area (Å²) < 4.78 is 29.8. The third kappa shape index (κ3) is 2.40. The van der Waals surface area contributed by atoms with Gasteiger partial charge in [-0.05, 0) is 31.2 Å². The topological polar surface area (TPSA) is 73.6 Å². The standard InChI is InChI=1S/C18H16FN4O2P/c1-12-16-18(23(21-12)13-8-4-3-5-9-13)20-17(22(2)26(16,24)25)14-10-6-7-11-15(14)19/h3-11H,1-2H3,(H,24,25)/p-1. The first kappa shape index (κ1) is 16.7. The van der Waals surface area contributed by atoms with Gasteiger partial charge in [0.25, 0.3) is 0 Å². The lowest BCUT2D eigenvalue weighted by molar-refractivity contribution is -0.179. The minimum Gasteiger partial charge on any atom is -0.780 e. The Morgan fingerprint density at radius 3 is 2.42 bits per heavy atom. The molecular weight excluding hydrogens is 354 g/mol. The van der Waals surface area contributed by atoms with E-state index in [2.05, 4.69) is 10.1 Å². The van der Waals surface area contributed by atoms with Crippen LogP contribution in [0.15, 0.2) is 59.6 Å². The summed E-state index contributed by atoms with van der Waals surface area (Å²) >= 11 is 0. The molecule has 0 bridgehead atoms. The van der Waals surface area contributed by atoms with Crippen LogP contribution in [0.5, 0.6) is 0 Å². The van der Waals surface area contributed by atoms with Gasteiger partial charge < -0.3 is 14.1 Å². The Hall–Kier alpha value is -2.76. The fraction of sp³-hybridized carbons (Fsp3) is 0.111. The summed E-state index contributed by atoms with van der Waals surface area (Å²) in [5.74, 6) is -0.321. The zero-order chi connectivity index (χ0) is 18.5. The average Bonchev–Trinajstić information content (AvgIpc) is 2.97. The van der Waals surface area contributed by atoms with Crippen molar-refractivity contribution < 1.29 is 13.8 Å². The smallest absolute Gasteiger partial charge is 0.169 e. The van der Waals surface area contributed by atoms with Crippen LogP contribution in [0.25, 0.3) is 5.69 Å². The summed E-state index contributed by atoms with van der Waals surface area (Å²) in [5.41, 5.74) is 1.15. The summed E-state index contributed by atoms with van der Waals surface area (Å²) in [7, 11) is -2.87. The van der Waals surface area contributed by atoms with Crippen molar-refractivity contribution in [1.29, 1.82) is 0 Å². The van der Waals surface area contributed by atoms with Crippen molar-refractivity contribution in [3.05, 3.63) is 71.7 Å². The highest BCUT2D eigenvalue weighted by atomic mass is 31.2. The molecule has 1 unspecified atom stereocenters. The van der Waals surface area contributed by atoms with Crippen LogP contribution in [0.4, 0.5) is 10.2 Å². The van der Waals surface area contributed by atoms with Gasteiger partial charge in [-0.25, -0.2) is 14.1 Å². The lowest BCUT2D eigenvalue weighted by atomic mass is 10.2. The molecule has 3 aromatic rings. The fourth-order valence-corrected chi connectivity index (χ4v) is 4.56. The summed E-state index contributed by atoms with van der Waals surface area (Å²) in [6, 6.07) is 15.1. The van der Waals surface area contributed by atoms with Gasteiger partial charge in [0.15, 0.2) is 5.82 Å². The van der Waals surface area contributed by atoms with E-state index in [9.17, 15) is 13.8 Å². The van der Waals surface area contributed by atoms with E-state index in [4.69, 9.17) is 0 Å². The number of nitrogens with zero attached hydrogens (tertiary/aromatic N) is 4. The van der Waals surface area contributed by atoms with Crippen LogP contribution in [0.3, 0.4) is 0 Å². The first-order valence-corrected chi connectivity index (χ1v) is 9.53. The first-order valence-electron chi connectivity index (χ1n) is 7.95. The molecule has 0 radical (unpaired) electrons. The van der Waals surface area contributed by atoms with Gasteiger partial charge in [-0.3, -0.25) is 0 Å². The molecule has 1 atom stereocenters. The molecule has 6 nitrogen and oxygen atoms in total. The van der Waals surface area contributed by atoms with E-state index in [0.717, 1.165) is 4.67 Å². The number of aliphatic imine (C=N–C) groups is 1. The van der Waals surface area contributed by atoms with Gasteiger partial charge in [-0.1, -0.05) is 30.3 Å². The Morgan fingerprint density at radius 2 is 1.73 bits per heavy atom. The van der Waals surface area contributed by atoms with Crippen molar-refractivity contribution in [2.75, 3.05) is 7.05 Å². The largest absolute Gasteiger partial charge is 0.780 e. The highest BCUT2D eigenvalue weighted by Gasteiger charge is 2.35. The molecule has 4 rings (SSSR count). The second-order valence-electron chi connectivity index (χ2n) is 5.96. The van der Waals surface area contributed by atoms with Gasteiger partial charge in [0.05, 0.1) is 22.2 Å². The average molecular weight is 369 g/mol. The molecule has 0 saturated carbocycles. The van der Waals surface area contributed by atoms with Crippen molar-refractivity contribution in [2.45, 2.75) is 6.92 Å². The maximum Gasteiger partial charge on any atom is 0.169 e. The SMILES string of the molecule is Cc1nn(-c2ccccc2)c2c1P(=O)([O-])N(C)C(c1ccccc1F)=N2. The zero-order valence-corrected chi connectivity index (χ0v) is 15.0. The molecule has 0 saturated heterocycles. The van der Waals surface area contributed by atoms with Crippen molar-refractivity contribution in [3.63, 3.8) is 0 Å². The summed E-state index contributed by atoms with van der Waals surface area (Å²) in [5, 5.41) is 4.42. The molecule has 1 aromatic heterocycles. The lowest BCUT2D eigenvalue weighted by Gasteiger charge is -2.38. The second-order valence-corrected chi connectivity index (χ2v) is 8.05. The van der Waals surface area contributed by atoms with Crippen molar-refractivity contribution in [1.82, 2.24) is 14.5 Å². The fourth-order valence-electron chi connectivity index (χ4n) is 3.01. The molecule has 26 heavy (non-hydrogen) atoms. The third-order valence-electron chi connectivity index (χ3n) is 4.32. The van der Waals surface area contributed by atoms with Crippen LogP contribution < -0.4 is 10.2 Å². The Morgan fingerprint density at radius 1 is 1.08 bits per heavy atom. The Labute approximate surface area is 149 Å². The highest BCUT2D eigenvalue weighted by molar-refractivity contribution is 7.63. The number of hydrogen-bond acceptors (Lipinski definition) is 4. The maximum atomic E-state index is 14.3. The molecule has 2 aromatic carbocycles. The van der Waals surface area contributed by atoms with Crippen molar-refractivity contribution in [3.8, 4) is 5.69 Å². The van der Waals surface area contributed by atoms with E-state index in [-0.39, 0.29) is 22.5 Å². The van der Waals surface area contributed by atoms with Gasteiger partial charge in [0.1, 0.15) is 19.2 Å². The quantitative estimate of drug-likeness (QED) is 0.651. The molecule has 8 heteroatoms. The molecule has 1 aliphatic rings. The summed E-state index contributed by atoms with van der Waals surface area (Å²) in [6.07, 6.45) is 0. The number of aryl methyl sites for hydroxylation is 1. The molecule has 0 amide bonds. The molecule has 0 N–H and O–H groups in total. The van der Waals surface area contributed by atoms with Crippen LogP contribution in [0.2, 0.25) is 0 Å². The number of halogens is 1. The van der Waals surface area contributed by atoms with E-state index < -0.39 is 13.3 Å². The first-order chi connectivity index (χ1) is 12.4. The molecule has 0 fully saturated rings. The van der Waals surface area contributed by atoms with Gasteiger partial charge in [-0.2, -0.15) is 5.10 Å². The van der Waals surface area contributed by atoms with Crippen molar-refractivity contribution in [2.24, 2.45) is 4.99 Å². The van der Waals surface area contributed by atoms with E-state index in [1.165, 1.54) is 23.9 Å². The van der Waals surface area contributed by atoms with E-state index in [0.29, 0.717) is 11.4 Å². The summed E-state index contributed by atoms with van der Waals surface area (Å²) in [4.78, 5) is 17.5. The normalized spacial score (nSPS) is 19.2. The number of amidine groups is 1. The Balaban J connectivity index is 2.02. The molecule has 2 heterocycles. The van der Waals surface area contributed by atoms with Crippen LogP contribution in [-0.4, -0.2) is 27.3 Å². The Bertz CT molecular complexity index is 1080. The van der Waals surface area contributed by atoms with Crippen LogP contribution >= 0.6 is 7.52 Å². The highest BCUT2D eigenvalue weighted by Crippen LogP contribution is 2.47. The third-order valence-corrected chi connectivity index (χ3v) is 6.38. The van der Waals surface area contributed by atoms with E-state index in [1.807, 2.05) is 18.2 Å². The molecule has 132 valence electrons. The zero-order valence-electron chi connectivity index (χ0n) is 14.1. The minimum absolute atomic E-state index is 0.0333. The number of fused-ring (bicyclic) bond motifs is 1. The predicted octanol–water partition coefficient (Wildman–Crippen LogP) is 2.52. The summed E-state index contributed by atoms with van der Waals surface area (Å²) in [6.45, 7) is 1.63. The molecule has 1 aliphatic heterocycles. The maximum absolute atomic E-state index is 14.3. The molecular formula is C18H15FN4O2P-.